The summed E-state index contributed by atoms with van der Waals surface area (Å²) in [5.74, 6) is 2.29. The average Bonchev–Trinajstić information content (AvgIpc) is 3.13. The maximum atomic E-state index is 9.85. The summed E-state index contributed by atoms with van der Waals surface area (Å²) >= 11 is 0. The quantitative estimate of drug-likeness (QED) is 0.761. The van der Waals surface area contributed by atoms with Crippen LogP contribution in [0.2, 0.25) is 0 Å². The molecule has 1 aromatic rings. The van der Waals surface area contributed by atoms with Crippen LogP contribution in [-0.2, 0) is 6.54 Å². The van der Waals surface area contributed by atoms with Crippen molar-refractivity contribution in [3.8, 4) is 0 Å². The summed E-state index contributed by atoms with van der Waals surface area (Å²) in [7, 11) is 0. The van der Waals surface area contributed by atoms with E-state index in [2.05, 4.69) is 22.3 Å². The third-order valence-corrected chi connectivity index (χ3v) is 3.76. The first-order chi connectivity index (χ1) is 8.61. The Hall–Kier alpha value is -0.940. The van der Waals surface area contributed by atoms with Crippen molar-refractivity contribution in [2.75, 3.05) is 13.2 Å². The smallest absolute Gasteiger partial charge is 0.147 e. The van der Waals surface area contributed by atoms with Crippen LogP contribution in [0, 0.1) is 19.8 Å². The lowest BCUT2D eigenvalue weighted by molar-refractivity contribution is 0.117. The lowest BCUT2D eigenvalue weighted by Gasteiger charge is -2.33. The van der Waals surface area contributed by atoms with Gasteiger partial charge in [0, 0.05) is 0 Å². The minimum absolute atomic E-state index is 0.163. The normalized spacial score (nSPS) is 18.9. The number of nitrogens with zero attached hydrogens (tertiary/aromatic N) is 3. The molecule has 5 nitrogen and oxygen atoms in total. The SMILES string of the molecule is CCCNC(CO)(Cn1nc(C)nc1C)C1CC1. The highest BCUT2D eigenvalue weighted by atomic mass is 16.3. The Kier molecular flexibility index (Phi) is 4.02. The molecule has 18 heavy (non-hydrogen) atoms. The van der Waals surface area contributed by atoms with Crippen LogP contribution in [0.1, 0.15) is 37.8 Å². The van der Waals surface area contributed by atoms with Crippen molar-refractivity contribution >= 4 is 0 Å². The van der Waals surface area contributed by atoms with E-state index in [1.807, 2.05) is 18.5 Å². The molecule has 0 aromatic carbocycles. The van der Waals surface area contributed by atoms with Crippen LogP contribution in [-0.4, -0.2) is 38.6 Å². The molecule has 0 spiro atoms. The van der Waals surface area contributed by atoms with E-state index >= 15 is 0 Å². The predicted molar refractivity (Wildman–Crippen MR) is 70.3 cm³/mol. The second kappa shape index (κ2) is 5.36. The molecule has 1 aliphatic carbocycles. The zero-order chi connectivity index (χ0) is 13.2. The largest absolute Gasteiger partial charge is 0.394 e. The van der Waals surface area contributed by atoms with Crippen molar-refractivity contribution in [2.45, 2.75) is 52.1 Å². The van der Waals surface area contributed by atoms with E-state index in [0.29, 0.717) is 12.5 Å². The number of aliphatic hydroxyl groups is 1. The molecule has 0 amide bonds. The summed E-state index contributed by atoms with van der Waals surface area (Å²) in [5.41, 5.74) is -0.221. The molecule has 0 aliphatic heterocycles. The molecule has 1 aromatic heterocycles. The van der Waals surface area contributed by atoms with Crippen molar-refractivity contribution in [1.82, 2.24) is 20.1 Å². The summed E-state index contributed by atoms with van der Waals surface area (Å²) < 4.78 is 1.92. The summed E-state index contributed by atoms with van der Waals surface area (Å²) in [6.07, 6.45) is 3.47. The Morgan fingerprint density at radius 1 is 1.44 bits per heavy atom. The van der Waals surface area contributed by atoms with Crippen LogP contribution in [0.5, 0.6) is 0 Å². The van der Waals surface area contributed by atoms with Gasteiger partial charge < -0.3 is 10.4 Å². The standard InChI is InChI=1S/C13H24N4O/c1-4-7-14-13(9-18,12-5-6-12)8-17-11(3)15-10(2)16-17/h12,14,18H,4-9H2,1-3H3. The Bertz CT molecular complexity index is 400. The van der Waals surface area contributed by atoms with E-state index in [9.17, 15) is 5.11 Å². The number of hydrogen-bond donors (Lipinski definition) is 2. The van der Waals surface area contributed by atoms with Gasteiger partial charge in [-0.2, -0.15) is 5.10 Å². The molecule has 1 heterocycles. The van der Waals surface area contributed by atoms with E-state index in [-0.39, 0.29) is 12.1 Å². The van der Waals surface area contributed by atoms with Gasteiger partial charge in [0.2, 0.25) is 0 Å². The van der Waals surface area contributed by atoms with Crippen molar-refractivity contribution in [3.05, 3.63) is 11.6 Å². The molecule has 0 radical (unpaired) electrons. The van der Waals surface area contributed by atoms with E-state index in [0.717, 1.165) is 24.6 Å². The molecule has 0 saturated heterocycles. The van der Waals surface area contributed by atoms with Crippen LogP contribution in [0.15, 0.2) is 0 Å². The molecule has 1 fully saturated rings. The van der Waals surface area contributed by atoms with Gasteiger partial charge in [0.05, 0.1) is 18.7 Å². The zero-order valence-corrected chi connectivity index (χ0v) is 11.6. The van der Waals surface area contributed by atoms with Gasteiger partial charge in [-0.1, -0.05) is 6.92 Å². The summed E-state index contributed by atoms with van der Waals surface area (Å²) in [6.45, 7) is 7.82. The second-order valence-corrected chi connectivity index (χ2v) is 5.38. The van der Waals surface area contributed by atoms with Gasteiger partial charge in [-0.05, 0) is 45.6 Å². The fraction of sp³-hybridized carbons (Fsp3) is 0.846. The molecule has 1 atom stereocenters. The van der Waals surface area contributed by atoms with Gasteiger partial charge in [0.1, 0.15) is 11.6 Å². The molecule has 0 bridgehead atoms. The molecule has 1 saturated carbocycles. The highest BCUT2D eigenvalue weighted by Gasteiger charge is 2.45. The fourth-order valence-electron chi connectivity index (χ4n) is 2.55. The topological polar surface area (TPSA) is 63.0 Å². The number of hydrogen-bond acceptors (Lipinski definition) is 4. The molecular weight excluding hydrogens is 228 g/mol. The molecule has 2 rings (SSSR count). The Morgan fingerprint density at radius 2 is 2.17 bits per heavy atom. The maximum absolute atomic E-state index is 9.85. The highest BCUT2D eigenvalue weighted by Crippen LogP contribution is 2.40. The molecular formula is C13H24N4O. The van der Waals surface area contributed by atoms with E-state index in [4.69, 9.17) is 0 Å². The lowest BCUT2D eigenvalue weighted by Crippen LogP contribution is -2.54. The summed E-state index contributed by atoms with van der Waals surface area (Å²) in [5, 5.41) is 17.8. The third-order valence-electron chi connectivity index (χ3n) is 3.76. The summed E-state index contributed by atoms with van der Waals surface area (Å²) in [4.78, 5) is 4.33. The molecule has 1 unspecified atom stereocenters. The predicted octanol–water partition coefficient (Wildman–Crippen LogP) is 1.04. The highest BCUT2D eigenvalue weighted by molar-refractivity contribution is 5.02. The Morgan fingerprint density at radius 3 is 2.61 bits per heavy atom. The number of rotatable bonds is 7. The Balaban J connectivity index is 2.15. The fourth-order valence-corrected chi connectivity index (χ4v) is 2.55. The van der Waals surface area contributed by atoms with Crippen molar-refractivity contribution < 1.29 is 5.11 Å². The van der Waals surface area contributed by atoms with E-state index in [1.165, 1.54) is 12.8 Å². The maximum Gasteiger partial charge on any atom is 0.147 e. The number of aromatic nitrogens is 3. The van der Waals surface area contributed by atoms with Gasteiger partial charge in [-0.3, -0.25) is 0 Å². The number of aliphatic hydroxyl groups excluding tert-OH is 1. The van der Waals surface area contributed by atoms with Gasteiger partial charge >= 0.3 is 0 Å². The minimum atomic E-state index is -0.221. The van der Waals surface area contributed by atoms with Crippen molar-refractivity contribution in [2.24, 2.45) is 5.92 Å². The first-order valence-corrected chi connectivity index (χ1v) is 6.85. The first kappa shape index (κ1) is 13.5. The van der Waals surface area contributed by atoms with Gasteiger partial charge in [0.15, 0.2) is 0 Å². The molecule has 102 valence electrons. The monoisotopic (exact) mass is 252 g/mol. The van der Waals surface area contributed by atoms with Gasteiger partial charge in [0.25, 0.3) is 0 Å². The Labute approximate surface area is 109 Å². The number of aryl methyl sites for hydroxylation is 2. The number of nitrogens with one attached hydrogen (secondary N) is 1. The van der Waals surface area contributed by atoms with E-state index in [1.54, 1.807) is 0 Å². The van der Waals surface area contributed by atoms with Crippen molar-refractivity contribution in [1.29, 1.82) is 0 Å². The van der Waals surface area contributed by atoms with Crippen LogP contribution in [0.4, 0.5) is 0 Å². The van der Waals surface area contributed by atoms with Gasteiger partial charge in [-0.25, -0.2) is 9.67 Å². The zero-order valence-electron chi connectivity index (χ0n) is 11.6. The van der Waals surface area contributed by atoms with Crippen LogP contribution < -0.4 is 5.32 Å². The average molecular weight is 252 g/mol. The lowest BCUT2D eigenvalue weighted by atomic mass is 9.93. The first-order valence-electron chi connectivity index (χ1n) is 6.85. The van der Waals surface area contributed by atoms with Crippen LogP contribution in [0.3, 0.4) is 0 Å². The third kappa shape index (κ3) is 2.72. The second-order valence-electron chi connectivity index (χ2n) is 5.38. The molecule has 2 N–H and O–H groups in total. The summed E-state index contributed by atoms with van der Waals surface area (Å²) in [6, 6.07) is 0. The van der Waals surface area contributed by atoms with Gasteiger partial charge in [-0.15, -0.1) is 0 Å². The molecule has 5 heteroatoms. The van der Waals surface area contributed by atoms with Crippen LogP contribution in [0.25, 0.3) is 0 Å². The van der Waals surface area contributed by atoms with E-state index < -0.39 is 0 Å². The van der Waals surface area contributed by atoms with Crippen LogP contribution >= 0.6 is 0 Å². The molecule has 1 aliphatic rings. The van der Waals surface area contributed by atoms with Crippen molar-refractivity contribution in [3.63, 3.8) is 0 Å². The minimum Gasteiger partial charge on any atom is -0.394 e.